The number of nitrogens with one attached hydrogen (secondary N) is 2. The van der Waals surface area contributed by atoms with Crippen molar-refractivity contribution >= 4 is 46.4 Å². The minimum atomic E-state index is -0.601. The molecule has 32 heavy (non-hydrogen) atoms. The lowest BCUT2D eigenvalue weighted by Crippen LogP contribution is -2.32. The third-order valence-corrected chi connectivity index (χ3v) is 5.43. The molecule has 1 heterocycles. The van der Waals surface area contributed by atoms with Crippen molar-refractivity contribution in [3.05, 3.63) is 101 Å². The Bertz CT molecular complexity index is 1240. The molecule has 0 saturated carbocycles. The average Bonchev–Trinajstić information content (AvgIpc) is 3.03. The number of para-hydroxylation sites is 2. The van der Waals surface area contributed by atoms with E-state index in [0.29, 0.717) is 16.9 Å². The summed E-state index contributed by atoms with van der Waals surface area (Å²) in [5, 5.41) is 5.62. The second-order valence-corrected chi connectivity index (χ2v) is 7.52. The summed E-state index contributed by atoms with van der Waals surface area (Å²) >= 11 is 6.19. The smallest absolute Gasteiger partial charge is 0.283 e. The van der Waals surface area contributed by atoms with Crippen LogP contribution in [0.15, 0.2) is 89.6 Å². The molecule has 3 aromatic carbocycles. The summed E-state index contributed by atoms with van der Waals surface area (Å²) in [5.41, 5.74) is 3.04. The average molecular weight is 446 g/mol. The molecule has 0 saturated heterocycles. The maximum absolute atomic E-state index is 12.9. The molecule has 0 spiro atoms. The van der Waals surface area contributed by atoms with Gasteiger partial charge in [0.1, 0.15) is 10.7 Å². The molecule has 0 bridgehead atoms. The van der Waals surface area contributed by atoms with Gasteiger partial charge in [0.05, 0.1) is 5.69 Å². The lowest BCUT2D eigenvalue weighted by molar-refractivity contribution is -0.120. The van der Waals surface area contributed by atoms with Crippen LogP contribution in [0, 0.1) is 0 Å². The third-order valence-electron chi connectivity index (χ3n) is 5.08. The fourth-order valence-corrected chi connectivity index (χ4v) is 3.66. The molecule has 6 nitrogen and oxygen atoms in total. The van der Waals surface area contributed by atoms with Crippen molar-refractivity contribution in [2.45, 2.75) is 13.3 Å². The summed E-state index contributed by atoms with van der Waals surface area (Å²) in [4.78, 5) is 39.2. The molecule has 160 valence electrons. The second kappa shape index (κ2) is 9.08. The van der Waals surface area contributed by atoms with Crippen LogP contribution in [0.2, 0.25) is 0 Å². The first kappa shape index (κ1) is 21.3. The number of amides is 3. The minimum absolute atomic E-state index is 0.0330. The molecule has 0 radical (unpaired) electrons. The van der Waals surface area contributed by atoms with Crippen LogP contribution in [0.1, 0.15) is 22.8 Å². The summed E-state index contributed by atoms with van der Waals surface area (Å²) in [6, 6.07) is 22.8. The second-order valence-electron chi connectivity index (χ2n) is 7.14. The van der Waals surface area contributed by atoms with Crippen molar-refractivity contribution in [3.8, 4) is 0 Å². The van der Waals surface area contributed by atoms with Crippen LogP contribution in [0.25, 0.3) is 0 Å². The largest absolute Gasteiger partial charge is 0.350 e. The van der Waals surface area contributed by atoms with Gasteiger partial charge in [-0.1, -0.05) is 61.0 Å². The van der Waals surface area contributed by atoms with Crippen LogP contribution in [0.4, 0.5) is 17.1 Å². The molecule has 2 N–H and O–H groups in total. The molecule has 3 aromatic rings. The Kier molecular flexibility index (Phi) is 6.05. The predicted octanol–water partition coefficient (Wildman–Crippen LogP) is 4.94. The van der Waals surface area contributed by atoms with Crippen LogP contribution in [-0.2, 0) is 16.0 Å². The molecule has 4 rings (SSSR count). The van der Waals surface area contributed by atoms with Crippen LogP contribution < -0.4 is 15.5 Å². The van der Waals surface area contributed by atoms with Crippen molar-refractivity contribution in [1.82, 2.24) is 0 Å². The highest BCUT2D eigenvalue weighted by Crippen LogP contribution is 2.30. The van der Waals surface area contributed by atoms with E-state index in [-0.39, 0.29) is 16.6 Å². The van der Waals surface area contributed by atoms with Crippen LogP contribution in [0.3, 0.4) is 0 Å². The molecule has 0 aromatic heterocycles. The lowest BCUT2D eigenvalue weighted by atomic mass is 10.1. The van der Waals surface area contributed by atoms with Gasteiger partial charge in [-0.2, -0.15) is 0 Å². The molecule has 1 aliphatic rings. The number of anilines is 3. The van der Waals surface area contributed by atoms with Gasteiger partial charge in [-0.15, -0.1) is 0 Å². The van der Waals surface area contributed by atoms with Crippen molar-refractivity contribution in [1.29, 1.82) is 0 Å². The lowest BCUT2D eigenvalue weighted by Gasteiger charge is -2.15. The van der Waals surface area contributed by atoms with Gasteiger partial charge in [0, 0.05) is 16.9 Å². The van der Waals surface area contributed by atoms with Crippen molar-refractivity contribution in [3.63, 3.8) is 0 Å². The fourth-order valence-electron chi connectivity index (χ4n) is 3.45. The van der Waals surface area contributed by atoms with E-state index >= 15 is 0 Å². The van der Waals surface area contributed by atoms with Gasteiger partial charge in [-0.05, 0) is 48.4 Å². The number of hydrogen-bond donors (Lipinski definition) is 2. The number of aryl methyl sites for hydroxylation is 1. The molecule has 0 aliphatic carbocycles. The Morgan fingerprint density at radius 3 is 2.38 bits per heavy atom. The van der Waals surface area contributed by atoms with Crippen molar-refractivity contribution in [2.75, 3.05) is 15.5 Å². The van der Waals surface area contributed by atoms with Crippen LogP contribution in [0.5, 0.6) is 0 Å². The SMILES string of the molecule is CCc1ccccc1NC(=O)c1cccc(NC2=C(Cl)C(=O)N(c3ccccc3)C2=O)c1. The van der Waals surface area contributed by atoms with Gasteiger partial charge >= 0.3 is 0 Å². The van der Waals surface area contributed by atoms with Gasteiger partial charge in [-0.25, -0.2) is 4.90 Å². The Balaban J connectivity index is 1.54. The highest BCUT2D eigenvalue weighted by molar-refractivity contribution is 6.53. The van der Waals surface area contributed by atoms with Crippen molar-refractivity contribution in [2.24, 2.45) is 0 Å². The number of carbonyl (C=O) groups is 3. The summed E-state index contributed by atoms with van der Waals surface area (Å²) in [7, 11) is 0. The Morgan fingerprint density at radius 2 is 1.62 bits per heavy atom. The van der Waals surface area contributed by atoms with E-state index in [0.717, 1.165) is 22.6 Å². The molecular weight excluding hydrogens is 426 g/mol. The topological polar surface area (TPSA) is 78.5 Å². The van der Waals surface area contributed by atoms with E-state index in [9.17, 15) is 14.4 Å². The molecule has 1 aliphatic heterocycles. The van der Waals surface area contributed by atoms with Gasteiger partial charge in [0.15, 0.2) is 0 Å². The quantitative estimate of drug-likeness (QED) is 0.527. The van der Waals surface area contributed by atoms with E-state index in [1.807, 2.05) is 31.2 Å². The first-order valence-corrected chi connectivity index (χ1v) is 10.5. The van der Waals surface area contributed by atoms with E-state index < -0.39 is 11.8 Å². The fraction of sp³-hybridized carbons (Fsp3) is 0.0800. The van der Waals surface area contributed by atoms with E-state index in [1.165, 1.54) is 0 Å². The standard InChI is InChI=1S/C25H20ClN3O3/c1-2-16-9-6-7-14-20(16)28-23(30)17-10-8-11-18(15-17)27-22-21(26)24(31)29(25(22)32)19-12-4-3-5-13-19/h3-15,27H,2H2,1H3,(H,28,30). The number of carbonyl (C=O) groups excluding carboxylic acids is 3. The summed E-state index contributed by atoms with van der Waals surface area (Å²) in [6.07, 6.45) is 0.790. The number of rotatable bonds is 6. The zero-order valence-corrected chi connectivity index (χ0v) is 18.0. The summed E-state index contributed by atoms with van der Waals surface area (Å²) in [6.45, 7) is 2.02. The van der Waals surface area contributed by atoms with Gasteiger partial charge < -0.3 is 10.6 Å². The molecule has 7 heteroatoms. The number of nitrogens with zero attached hydrogens (tertiary/aromatic N) is 1. The van der Waals surface area contributed by atoms with Crippen LogP contribution in [-0.4, -0.2) is 17.7 Å². The highest BCUT2D eigenvalue weighted by atomic mass is 35.5. The molecule has 0 unspecified atom stereocenters. The Morgan fingerprint density at radius 1 is 0.906 bits per heavy atom. The highest BCUT2D eigenvalue weighted by Gasteiger charge is 2.38. The van der Waals surface area contributed by atoms with E-state index in [1.54, 1.807) is 54.6 Å². The Hall–Kier alpha value is -3.90. The molecule has 0 atom stereocenters. The zero-order valence-electron chi connectivity index (χ0n) is 17.3. The third kappa shape index (κ3) is 4.13. The number of benzene rings is 3. The first-order valence-electron chi connectivity index (χ1n) is 10.1. The number of hydrogen-bond acceptors (Lipinski definition) is 4. The molecule has 3 amide bonds. The van der Waals surface area contributed by atoms with E-state index in [4.69, 9.17) is 11.6 Å². The summed E-state index contributed by atoms with van der Waals surface area (Å²) in [5.74, 6) is -1.44. The zero-order chi connectivity index (χ0) is 22.7. The van der Waals surface area contributed by atoms with Gasteiger partial charge in [0.25, 0.3) is 17.7 Å². The first-order chi connectivity index (χ1) is 15.5. The van der Waals surface area contributed by atoms with Gasteiger partial charge in [-0.3, -0.25) is 14.4 Å². The van der Waals surface area contributed by atoms with Crippen LogP contribution >= 0.6 is 11.6 Å². The minimum Gasteiger partial charge on any atom is -0.350 e. The molecular formula is C25H20ClN3O3. The Labute approximate surface area is 190 Å². The molecule has 0 fully saturated rings. The van der Waals surface area contributed by atoms with Crippen molar-refractivity contribution < 1.29 is 14.4 Å². The maximum Gasteiger partial charge on any atom is 0.283 e. The van der Waals surface area contributed by atoms with Gasteiger partial charge in [0.2, 0.25) is 0 Å². The predicted molar refractivity (Wildman–Crippen MR) is 126 cm³/mol. The normalized spacial score (nSPS) is 13.5. The monoisotopic (exact) mass is 445 g/mol. The number of halogens is 1. The summed E-state index contributed by atoms with van der Waals surface area (Å²) < 4.78 is 0. The maximum atomic E-state index is 12.9. The number of imide groups is 1. The van der Waals surface area contributed by atoms with E-state index in [2.05, 4.69) is 10.6 Å².